The molecule has 1 aromatic rings. The molecule has 0 spiro atoms. The van der Waals surface area contributed by atoms with Crippen molar-refractivity contribution in [2.24, 2.45) is 5.73 Å². The van der Waals surface area contributed by atoms with Gasteiger partial charge in [-0.3, -0.25) is 0 Å². The molecule has 2 heteroatoms. The van der Waals surface area contributed by atoms with Crippen molar-refractivity contribution in [2.75, 3.05) is 13.2 Å². The topological polar surface area (TPSA) is 35.2 Å². The fourth-order valence-electron chi connectivity index (χ4n) is 1.38. The van der Waals surface area contributed by atoms with Crippen LogP contribution < -0.4 is 5.73 Å². The molecule has 15 heavy (non-hydrogen) atoms. The van der Waals surface area contributed by atoms with Gasteiger partial charge in [-0.25, -0.2) is 0 Å². The summed E-state index contributed by atoms with van der Waals surface area (Å²) in [5, 5.41) is 0. The SMILES string of the molecule is CCC(N)CCOCCc1ccccc1. The van der Waals surface area contributed by atoms with E-state index in [0.717, 1.165) is 32.5 Å². The Kier molecular flexibility index (Phi) is 6.05. The molecule has 0 bridgehead atoms. The predicted molar refractivity (Wildman–Crippen MR) is 63.8 cm³/mol. The van der Waals surface area contributed by atoms with Gasteiger partial charge >= 0.3 is 0 Å². The van der Waals surface area contributed by atoms with Crippen LogP contribution >= 0.6 is 0 Å². The van der Waals surface area contributed by atoms with Crippen molar-refractivity contribution >= 4 is 0 Å². The van der Waals surface area contributed by atoms with Crippen molar-refractivity contribution in [2.45, 2.75) is 32.2 Å². The molecule has 0 aliphatic heterocycles. The molecule has 0 saturated carbocycles. The molecule has 84 valence electrons. The number of rotatable bonds is 7. The smallest absolute Gasteiger partial charge is 0.0506 e. The standard InChI is InChI=1S/C13H21NO/c1-2-13(14)9-11-15-10-8-12-6-4-3-5-7-12/h3-7,13H,2,8-11,14H2,1H3. The fourth-order valence-corrected chi connectivity index (χ4v) is 1.38. The summed E-state index contributed by atoms with van der Waals surface area (Å²) in [4.78, 5) is 0. The van der Waals surface area contributed by atoms with Crippen molar-refractivity contribution in [1.82, 2.24) is 0 Å². The van der Waals surface area contributed by atoms with E-state index in [2.05, 4.69) is 31.2 Å². The Labute approximate surface area is 92.4 Å². The highest BCUT2D eigenvalue weighted by atomic mass is 16.5. The molecule has 0 fully saturated rings. The first kappa shape index (κ1) is 12.2. The fraction of sp³-hybridized carbons (Fsp3) is 0.538. The molecule has 0 aliphatic rings. The van der Waals surface area contributed by atoms with E-state index in [0.29, 0.717) is 6.04 Å². The van der Waals surface area contributed by atoms with Gasteiger partial charge in [0.05, 0.1) is 6.61 Å². The maximum atomic E-state index is 5.79. The molecule has 0 aliphatic carbocycles. The Morgan fingerprint density at radius 3 is 2.60 bits per heavy atom. The lowest BCUT2D eigenvalue weighted by Crippen LogP contribution is -2.20. The Balaban J connectivity index is 2.03. The van der Waals surface area contributed by atoms with Gasteiger partial charge < -0.3 is 10.5 Å². The van der Waals surface area contributed by atoms with Crippen LogP contribution in [0.2, 0.25) is 0 Å². The first-order valence-electron chi connectivity index (χ1n) is 5.70. The van der Waals surface area contributed by atoms with E-state index in [1.807, 2.05) is 6.07 Å². The largest absolute Gasteiger partial charge is 0.381 e. The third kappa shape index (κ3) is 5.55. The minimum Gasteiger partial charge on any atom is -0.381 e. The maximum absolute atomic E-state index is 5.79. The van der Waals surface area contributed by atoms with Crippen LogP contribution in [0.5, 0.6) is 0 Å². The van der Waals surface area contributed by atoms with Crippen molar-refractivity contribution in [1.29, 1.82) is 0 Å². The average Bonchev–Trinajstić information content (AvgIpc) is 2.29. The Morgan fingerprint density at radius 2 is 1.93 bits per heavy atom. The van der Waals surface area contributed by atoms with Crippen molar-refractivity contribution in [3.05, 3.63) is 35.9 Å². The molecule has 2 N–H and O–H groups in total. The van der Waals surface area contributed by atoms with Crippen LogP contribution in [0.4, 0.5) is 0 Å². The second-order valence-corrected chi connectivity index (χ2v) is 3.80. The molecule has 0 saturated heterocycles. The highest BCUT2D eigenvalue weighted by Crippen LogP contribution is 2.00. The summed E-state index contributed by atoms with van der Waals surface area (Å²) >= 11 is 0. The van der Waals surface area contributed by atoms with Gasteiger partial charge in [-0.2, -0.15) is 0 Å². The molecule has 0 aromatic heterocycles. The van der Waals surface area contributed by atoms with Crippen molar-refractivity contribution < 1.29 is 4.74 Å². The van der Waals surface area contributed by atoms with E-state index in [-0.39, 0.29) is 0 Å². The highest BCUT2D eigenvalue weighted by Gasteiger charge is 1.98. The molecule has 1 unspecified atom stereocenters. The molecular weight excluding hydrogens is 186 g/mol. The van der Waals surface area contributed by atoms with Crippen LogP contribution in [-0.2, 0) is 11.2 Å². The van der Waals surface area contributed by atoms with Gasteiger partial charge in [0, 0.05) is 12.6 Å². The lowest BCUT2D eigenvalue weighted by atomic mass is 10.2. The quantitative estimate of drug-likeness (QED) is 0.697. The molecule has 2 nitrogen and oxygen atoms in total. The third-order valence-electron chi connectivity index (χ3n) is 2.54. The second kappa shape index (κ2) is 7.43. The van der Waals surface area contributed by atoms with Crippen molar-refractivity contribution in [3.63, 3.8) is 0 Å². The Bertz CT molecular complexity index is 248. The summed E-state index contributed by atoms with van der Waals surface area (Å²) in [6.45, 7) is 3.68. The molecule has 1 rings (SSSR count). The summed E-state index contributed by atoms with van der Waals surface area (Å²) in [5.74, 6) is 0. The van der Waals surface area contributed by atoms with Crippen LogP contribution in [0.25, 0.3) is 0 Å². The highest BCUT2D eigenvalue weighted by molar-refractivity contribution is 5.14. The minimum atomic E-state index is 0.293. The zero-order chi connectivity index (χ0) is 10.9. The van der Waals surface area contributed by atoms with E-state index in [1.165, 1.54) is 5.56 Å². The number of hydrogen-bond donors (Lipinski definition) is 1. The normalized spacial score (nSPS) is 12.7. The van der Waals surface area contributed by atoms with Gasteiger partial charge in [0.1, 0.15) is 0 Å². The van der Waals surface area contributed by atoms with Crippen LogP contribution in [-0.4, -0.2) is 19.3 Å². The van der Waals surface area contributed by atoms with Gasteiger partial charge in [-0.1, -0.05) is 37.3 Å². The summed E-state index contributed by atoms with van der Waals surface area (Å²) in [6, 6.07) is 10.7. The number of nitrogens with two attached hydrogens (primary N) is 1. The summed E-state index contributed by atoms with van der Waals surface area (Å²) < 4.78 is 5.53. The first-order valence-corrected chi connectivity index (χ1v) is 5.70. The summed E-state index contributed by atoms with van der Waals surface area (Å²) in [7, 11) is 0. The van der Waals surface area contributed by atoms with Crippen LogP contribution in [0.3, 0.4) is 0 Å². The number of hydrogen-bond acceptors (Lipinski definition) is 2. The second-order valence-electron chi connectivity index (χ2n) is 3.80. The molecule has 1 atom stereocenters. The van der Waals surface area contributed by atoms with E-state index >= 15 is 0 Å². The predicted octanol–water partition coefficient (Wildman–Crippen LogP) is 2.37. The summed E-state index contributed by atoms with van der Waals surface area (Å²) in [5.41, 5.74) is 7.12. The average molecular weight is 207 g/mol. The van der Waals surface area contributed by atoms with E-state index in [1.54, 1.807) is 0 Å². The first-order chi connectivity index (χ1) is 7.33. The van der Waals surface area contributed by atoms with E-state index in [4.69, 9.17) is 10.5 Å². The Hall–Kier alpha value is -0.860. The van der Waals surface area contributed by atoms with Crippen LogP contribution in [0, 0.1) is 0 Å². The lowest BCUT2D eigenvalue weighted by Gasteiger charge is -2.08. The third-order valence-corrected chi connectivity index (χ3v) is 2.54. The van der Waals surface area contributed by atoms with Gasteiger partial charge in [0.15, 0.2) is 0 Å². The van der Waals surface area contributed by atoms with Gasteiger partial charge in [-0.05, 0) is 24.8 Å². The molecule has 0 heterocycles. The van der Waals surface area contributed by atoms with E-state index in [9.17, 15) is 0 Å². The monoisotopic (exact) mass is 207 g/mol. The van der Waals surface area contributed by atoms with Gasteiger partial charge in [-0.15, -0.1) is 0 Å². The Morgan fingerprint density at radius 1 is 1.20 bits per heavy atom. The van der Waals surface area contributed by atoms with Crippen LogP contribution in [0.1, 0.15) is 25.3 Å². The molecule has 1 aromatic carbocycles. The zero-order valence-corrected chi connectivity index (χ0v) is 9.49. The lowest BCUT2D eigenvalue weighted by molar-refractivity contribution is 0.129. The molecule has 0 radical (unpaired) electrons. The summed E-state index contributed by atoms with van der Waals surface area (Å²) in [6.07, 6.45) is 2.98. The molecule has 0 amide bonds. The zero-order valence-electron chi connectivity index (χ0n) is 9.49. The van der Waals surface area contributed by atoms with Crippen molar-refractivity contribution in [3.8, 4) is 0 Å². The number of benzene rings is 1. The molecular formula is C13H21NO. The maximum Gasteiger partial charge on any atom is 0.0506 e. The van der Waals surface area contributed by atoms with E-state index < -0.39 is 0 Å². The number of ether oxygens (including phenoxy) is 1. The van der Waals surface area contributed by atoms with Gasteiger partial charge in [0.2, 0.25) is 0 Å². The minimum absolute atomic E-state index is 0.293. The van der Waals surface area contributed by atoms with Crippen LogP contribution in [0.15, 0.2) is 30.3 Å². The van der Waals surface area contributed by atoms with Gasteiger partial charge in [0.25, 0.3) is 0 Å².